The van der Waals surface area contributed by atoms with Crippen LogP contribution in [0.3, 0.4) is 0 Å². The molecule has 8 heteroatoms. The van der Waals surface area contributed by atoms with Crippen molar-refractivity contribution in [1.82, 2.24) is 19.7 Å². The van der Waals surface area contributed by atoms with Crippen LogP contribution >= 0.6 is 22.9 Å². The molecule has 0 radical (unpaired) electrons. The number of fused-ring (bicyclic) bond motifs is 2. The van der Waals surface area contributed by atoms with Gasteiger partial charge >= 0.3 is 0 Å². The first-order valence-corrected chi connectivity index (χ1v) is 10.4. The van der Waals surface area contributed by atoms with E-state index in [4.69, 9.17) is 16.6 Å². The van der Waals surface area contributed by atoms with Crippen molar-refractivity contribution in [3.63, 3.8) is 0 Å². The second-order valence-electron chi connectivity index (χ2n) is 7.37. The molecule has 1 aromatic carbocycles. The molecule has 28 heavy (non-hydrogen) atoms. The number of hydrogen-bond donors (Lipinski definition) is 1. The predicted octanol–water partition coefficient (Wildman–Crippen LogP) is 5.41. The Labute approximate surface area is 170 Å². The van der Waals surface area contributed by atoms with E-state index in [-0.39, 0.29) is 11.9 Å². The molecular formula is C20H18ClN5OS. The number of nitrogens with zero attached hydrogens (tertiary/aromatic N) is 4. The smallest absolute Gasteiger partial charge is 0.258 e. The molecule has 4 aromatic rings. The maximum atomic E-state index is 13.1. The summed E-state index contributed by atoms with van der Waals surface area (Å²) in [5.74, 6) is 0.249. The molecule has 0 spiro atoms. The number of nitrogens with one attached hydrogen (secondary N) is 1. The highest BCUT2D eigenvalue weighted by molar-refractivity contribution is 7.22. The van der Waals surface area contributed by atoms with Gasteiger partial charge in [-0.15, -0.1) is 0 Å². The number of hydrogen-bond acceptors (Lipinski definition) is 5. The molecule has 0 atom stereocenters. The second kappa shape index (κ2) is 6.53. The molecule has 1 saturated carbocycles. The fraction of sp³-hybridized carbons (Fsp3) is 0.300. The van der Waals surface area contributed by atoms with Crippen LogP contribution in [0.2, 0.25) is 5.02 Å². The molecule has 142 valence electrons. The molecule has 1 aliphatic carbocycles. The molecular weight excluding hydrogens is 394 g/mol. The molecule has 0 unspecified atom stereocenters. The molecule has 3 heterocycles. The third-order valence-corrected chi connectivity index (χ3v) is 6.06. The van der Waals surface area contributed by atoms with Crippen molar-refractivity contribution in [2.24, 2.45) is 0 Å². The molecule has 1 amide bonds. The van der Waals surface area contributed by atoms with Crippen molar-refractivity contribution in [1.29, 1.82) is 0 Å². The van der Waals surface area contributed by atoms with Gasteiger partial charge in [-0.05, 0) is 51.0 Å². The van der Waals surface area contributed by atoms with Crippen molar-refractivity contribution in [2.75, 3.05) is 5.32 Å². The summed E-state index contributed by atoms with van der Waals surface area (Å²) < 4.78 is 2.81. The lowest BCUT2D eigenvalue weighted by Gasteiger charge is -2.10. The summed E-state index contributed by atoms with van der Waals surface area (Å²) in [4.78, 5) is 22.4. The van der Waals surface area contributed by atoms with Crippen molar-refractivity contribution >= 4 is 55.2 Å². The van der Waals surface area contributed by atoms with Crippen LogP contribution < -0.4 is 5.32 Å². The lowest BCUT2D eigenvalue weighted by Crippen LogP contribution is -2.13. The van der Waals surface area contributed by atoms with Crippen molar-refractivity contribution in [3.8, 4) is 0 Å². The van der Waals surface area contributed by atoms with E-state index in [9.17, 15) is 4.79 Å². The minimum atomic E-state index is -0.192. The quantitative estimate of drug-likeness (QED) is 0.487. The van der Waals surface area contributed by atoms with Gasteiger partial charge in [0.25, 0.3) is 5.91 Å². The van der Waals surface area contributed by atoms with E-state index in [0.717, 1.165) is 39.8 Å². The lowest BCUT2D eigenvalue weighted by atomic mass is 10.1. The summed E-state index contributed by atoms with van der Waals surface area (Å²) >= 11 is 7.46. The molecule has 0 bridgehead atoms. The van der Waals surface area contributed by atoms with Crippen LogP contribution in [0.25, 0.3) is 21.3 Å². The standard InChI is InChI=1S/C20H18ClN5OS/c1-10(2)26-18-14(9-22-26)13(8-16(23-18)11-3-4-11)19(27)25-20-24-15-6-5-12(21)7-17(15)28-20/h5-11H,3-4H2,1-2H3,(H,24,25,27). The van der Waals surface area contributed by atoms with Crippen LogP contribution in [-0.2, 0) is 0 Å². The molecule has 3 aromatic heterocycles. The van der Waals surface area contributed by atoms with Crippen molar-refractivity contribution < 1.29 is 4.79 Å². The van der Waals surface area contributed by atoms with Gasteiger partial charge in [0, 0.05) is 22.7 Å². The highest BCUT2D eigenvalue weighted by Crippen LogP contribution is 2.40. The van der Waals surface area contributed by atoms with Gasteiger partial charge in [-0.1, -0.05) is 22.9 Å². The van der Waals surface area contributed by atoms with E-state index in [2.05, 4.69) is 29.2 Å². The first kappa shape index (κ1) is 17.6. The Balaban J connectivity index is 1.56. The summed E-state index contributed by atoms with van der Waals surface area (Å²) in [7, 11) is 0. The maximum Gasteiger partial charge on any atom is 0.258 e. The van der Waals surface area contributed by atoms with Gasteiger partial charge < -0.3 is 0 Å². The van der Waals surface area contributed by atoms with Crippen LogP contribution in [0.15, 0.2) is 30.5 Å². The number of amides is 1. The molecule has 0 saturated heterocycles. The zero-order valence-electron chi connectivity index (χ0n) is 15.4. The van der Waals surface area contributed by atoms with E-state index in [0.29, 0.717) is 21.6 Å². The predicted molar refractivity (Wildman–Crippen MR) is 112 cm³/mol. The van der Waals surface area contributed by atoms with E-state index in [1.54, 1.807) is 12.3 Å². The summed E-state index contributed by atoms with van der Waals surface area (Å²) in [5, 5.41) is 9.37. The molecule has 1 N–H and O–H groups in total. The highest BCUT2D eigenvalue weighted by Gasteiger charge is 2.28. The van der Waals surface area contributed by atoms with Crippen molar-refractivity contribution in [2.45, 2.75) is 38.6 Å². The van der Waals surface area contributed by atoms with Crippen LogP contribution in [0.1, 0.15) is 54.7 Å². The van der Waals surface area contributed by atoms with Crippen LogP contribution in [0, 0.1) is 0 Å². The number of thiazole rings is 1. The Morgan fingerprint density at radius 2 is 2.11 bits per heavy atom. The zero-order valence-corrected chi connectivity index (χ0v) is 17.0. The van der Waals surface area contributed by atoms with Crippen molar-refractivity contribution in [3.05, 3.63) is 46.7 Å². The number of rotatable bonds is 4. The Hall–Kier alpha value is -2.51. The van der Waals surface area contributed by atoms with Gasteiger partial charge in [-0.2, -0.15) is 5.10 Å². The summed E-state index contributed by atoms with van der Waals surface area (Å²) in [6, 6.07) is 7.58. The lowest BCUT2D eigenvalue weighted by molar-refractivity contribution is 0.102. The molecule has 0 aliphatic heterocycles. The monoisotopic (exact) mass is 411 g/mol. The summed E-state index contributed by atoms with van der Waals surface area (Å²) in [6.07, 6.45) is 3.97. The normalized spacial score (nSPS) is 14.3. The maximum absolute atomic E-state index is 13.1. The second-order valence-corrected chi connectivity index (χ2v) is 8.84. The number of benzene rings is 1. The van der Waals surface area contributed by atoms with Crippen LogP contribution in [0.4, 0.5) is 5.13 Å². The number of pyridine rings is 1. The van der Waals surface area contributed by atoms with E-state index >= 15 is 0 Å². The number of halogens is 1. The average Bonchev–Trinajstić information content (AvgIpc) is 3.29. The number of carbonyl (C=O) groups is 1. The van der Waals surface area contributed by atoms with E-state index < -0.39 is 0 Å². The topological polar surface area (TPSA) is 72.7 Å². The van der Waals surface area contributed by atoms with Gasteiger partial charge in [0.15, 0.2) is 10.8 Å². The Kier molecular flexibility index (Phi) is 4.10. The number of aromatic nitrogens is 4. The zero-order chi connectivity index (χ0) is 19.4. The highest BCUT2D eigenvalue weighted by atomic mass is 35.5. The third-order valence-electron chi connectivity index (χ3n) is 4.89. The van der Waals surface area contributed by atoms with Gasteiger partial charge in [0.1, 0.15) is 0 Å². The minimum Gasteiger partial charge on any atom is -0.298 e. The summed E-state index contributed by atoms with van der Waals surface area (Å²) in [6.45, 7) is 4.12. The van der Waals surface area contributed by atoms with E-state index in [1.807, 2.05) is 22.9 Å². The fourth-order valence-corrected chi connectivity index (χ4v) is 4.44. The SMILES string of the molecule is CC(C)n1ncc2c(C(=O)Nc3nc4ccc(Cl)cc4s3)cc(C3CC3)nc21. The van der Waals surface area contributed by atoms with Gasteiger partial charge in [-0.3, -0.25) is 10.1 Å². The number of carbonyl (C=O) groups excluding carboxylic acids is 1. The first-order chi connectivity index (χ1) is 13.5. The largest absolute Gasteiger partial charge is 0.298 e. The Morgan fingerprint density at radius 1 is 1.29 bits per heavy atom. The molecule has 5 rings (SSSR count). The van der Waals surface area contributed by atoms with Gasteiger partial charge in [-0.25, -0.2) is 14.6 Å². The molecule has 6 nitrogen and oxygen atoms in total. The number of anilines is 1. The average molecular weight is 412 g/mol. The summed E-state index contributed by atoms with van der Waals surface area (Å²) in [5.41, 5.74) is 3.14. The molecule has 1 aliphatic rings. The van der Waals surface area contributed by atoms with Gasteiger partial charge in [0.05, 0.1) is 27.4 Å². The molecule has 1 fully saturated rings. The van der Waals surface area contributed by atoms with Crippen LogP contribution in [0.5, 0.6) is 0 Å². The Morgan fingerprint density at radius 3 is 2.86 bits per heavy atom. The minimum absolute atomic E-state index is 0.171. The third kappa shape index (κ3) is 3.04. The van der Waals surface area contributed by atoms with E-state index in [1.165, 1.54) is 11.3 Å². The first-order valence-electron chi connectivity index (χ1n) is 9.25. The van der Waals surface area contributed by atoms with Gasteiger partial charge in [0.2, 0.25) is 0 Å². The van der Waals surface area contributed by atoms with Crippen LogP contribution in [-0.4, -0.2) is 25.7 Å². The Bertz CT molecular complexity index is 1220. The fourth-order valence-electron chi connectivity index (χ4n) is 3.31.